The van der Waals surface area contributed by atoms with E-state index in [9.17, 15) is 4.39 Å². The molecule has 0 spiro atoms. The first kappa shape index (κ1) is 12.3. The van der Waals surface area contributed by atoms with Gasteiger partial charge in [0, 0.05) is 16.6 Å². The molecule has 3 aromatic carbocycles. The van der Waals surface area contributed by atoms with Crippen LogP contribution >= 0.6 is 11.3 Å². The second-order valence-electron chi connectivity index (χ2n) is 4.89. The second-order valence-corrected chi connectivity index (χ2v) is 5.92. The van der Waals surface area contributed by atoms with Crippen LogP contribution in [0.3, 0.4) is 0 Å². The van der Waals surface area contributed by atoms with Crippen LogP contribution in [0.2, 0.25) is 0 Å². The SMILES string of the molecule is Nc1ccc2nc(-c3ccc(F)c4ccccc34)sc2c1. The van der Waals surface area contributed by atoms with Crippen LogP contribution in [-0.2, 0) is 0 Å². The Bertz CT molecular complexity index is 975. The maximum atomic E-state index is 13.9. The molecule has 21 heavy (non-hydrogen) atoms. The lowest BCUT2D eigenvalue weighted by atomic mass is 10.0. The van der Waals surface area contributed by atoms with Crippen molar-refractivity contribution in [1.82, 2.24) is 4.98 Å². The summed E-state index contributed by atoms with van der Waals surface area (Å²) in [4.78, 5) is 4.64. The summed E-state index contributed by atoms with van der Waals surface area (Å²) in [6.07, 6.45) is 0. The van der Waals surface area contributed by atoms with Crippen LogP contribution < -0.4 is 5.73 Å². The van der Waals surface area contributed by atoms with Crippen molar-refractivity contribution >= 4 is 38.0 Å². The molecule has 0 aliphatic heterocycles. The van der Waals surface area contributed by atoms with E-state index in [1.807, 2.05) is 36.4 Å². The molecular weight excluding hydrogens is 283 g/mol. The number of thiazole rings is 1. The minimum Gasteiger partial charge on any atom is -0.399 e. The van der Waals surface area contributed by atoms with Crippen molar-refractivity contribution in [3.05, 3.63) is 60.4 Å². The Hall–Kier alpha value is -2.46. The zero-order chi connectivity index (χ0) is 14.4. The Kier molecular flexibility index (Phi) is 2.65. The molecule has 0 aliphatic carbocycles. The van der Waals surface area contributed by atoms with Gasteiger partial charge in [0.25, 0.3) is 0 Å². The molecule has 4 aromatic rings. The van der Waals surface area contributed by atoms with Crippen molar-refractivity contribution in [2.75, 3.05) is 5.73 Å². The van der Waals surface area contributed by atoms with Crippen molar-refractivity contribution < 1.29 is 4.39 Å². The first-order valence-corrected chi connectivity index (χ1v) is 7.38. The van der Waals surface area contributed by atoms with Gasteiger partial charge in [-0.1, -0.05) is 24.3 Å². The number of nitrogen functional groups attached to an aromatic ring is 1. The third-order valence-corrected chi connectivity index (χ3v) is 4.57. The molecule has 0 saturated heterocycles. The number of aromatic nitrogens is 1. The van der Waals surface area contributed by atoms with E-state index in [0.29, 0.717) is 5.39 Å². The van der Waals surface area contributed by atoms with Gasteiger partial charge in [-0.3, -0.25) is 0 Å². The number of benzene rings is 3. The van der Waals surface area contributed by atoms with Gasteiger partial charge in [0.15, 0.2) is 0 Å². The van der Waals surface area contributed by atoms with Crippen LogP contribution in [-0.4, -0.2) is 4.98 Å². The third kappa shape index (κ3) is 1.96. The Morgan fingerprint density at radius 3 is 2.62 bits per heavy atom. The number of nitrogens with two attached hydrogens (primary N) is 1. The van der Waals surface area contributed by atoms with Crippen LogP contribution in [0.25, 0.3) is 31.6 Å². The Balaban J connectivity index is 2.02. The van der Waals surface area contributed by atoms with Gasteiger partial charge in [0.2, 0.25) is 0 Å². The predicted molar refractivity (Wildman–Crippen MR) is 86.9 cm³/mol. The average molecular weight is 294 g/mol. The van der Waals surface area contributed by atoms with Crippen molar-refractivity contribution in [1.29, 1.82) is 0 Å². The number of nitrogens with zero attached hydrogens (tertiary/aromatic N) is 1. The number of anilines is 1. The summed E-state index contributed by atoms with van der Waals surface area (Å²) >= 11 is 1.57. The van der Waals surface area contributed by atoms with Gasteiger partial charge in [0.1, 0.15) is 10.8 Å². The van der Waals surface area contributed by atoms with E-state index in [2.05, 4.69) is 4.98 Å². The predicted octanol–water partition coefficient (Wildman–Crippen LogP) is 4.84. The highest BCUT2D eigenvalue weighted by atomic mass is 32.1. The molecule has 102 valence electrons. The molecule has 0 unspecified atom stereocenters. The molecule has 0 atom stereocenters. The van der Waals surface area contributed by atoms with Crippen LogP contribution in [0, 0.1) is 5.82 Å². The Morgan fingerprint density at radius 1 is 0.952 bits per heavy atom. The maximum Gasteiger partial charge on any atom is 0.131 e. The number of fused-ring (bicyclic) bond motifs is 2. The first-order valence-electron chi connectivity index (χ1n) is 6.56. The summed E-state index contributed by atoms with van der Waals surface area (Å²) in [5.41, 5.74) is 8.40. The Labute approximate surface area is 124 Å². The fourth-order valence-electron chi connectivity index (χ4n) is 2.51. The smallest absolute Gasteiger partial charge is 0.131 e. The molecule has 4 heteroatoms. The summed E-state index contributed by atoms with van der Waals surface area (Å²) in [5, 5.41) is 2.38. The van der Waals surface area contributed by atoms with E-state index in [0.717, 1.165) is 31.9 Å². The molecule has 0 aliphatic rings. The molecule has 1 heterocycles. The molecule has 0 saturated carbocycles. The highest BCUT2D eigenvalue weighted by Gasteiger charge is 2.11. The second kappa shape index (κ2) is 4.53. The van der Waals surface area contributed by atoms with Gasteiger partial charge < -0.3 is 5.73 Å². The lowest BCUT2D eigenvalue weighted by Crippen LogP contribution is -1.84. The van der Waals surface area contributed by atoms with Gasteiger partial charge in [-0.05, 0) is 35.7 Å². The highest BCUT2D eigenvalue weighted by molar-refractivity contribution is 7.21. The lowest BCUT2D eigenvalue weighted by molar-refractivity contribution is 0.640. The normalized spacial score (nSPS) is 11.3. The number of halogens is 1. The number of rotatable bonds is 1. The van der Waals surface area contributed by atoms with E-state index in [-0.39, 0.29) is 5.82 Å². The van der Waals surface area contributed by atoms with Crippen molar-refractivity contribution in [3.63, 3.8) is 0 Å². The fraction of sp³-hybridized carbons (Fsp3) is 0. The van der Waals surface area contributed by atoms with Crippen LogP contribution in [0.1, 0.15) is 0 Å². The molecular formula is C17H11FN2S. The molecule has 4 rings (SSSR count). The minimum absolute atomic E-state index is 0.209. The quantitative estimate of drug-likeness (QED) is 0.510. The summed E-state index contributed by atoms with van der Waals surface area (Å²) in [7, 11) is 0. The van der Waals surface area contributed by atoms with Crippen LogP contribution in [0.4, 0.5) is 10.1 Å². The van der Waals surface area contributed by atoms with Crippen molar-refractivity contribution in [2.24, 2.45) is 0 Å². The zero-order valence-electron chi connectivity index (χ0n) is 11.0. The lowest BCUT2D eigenvalue weighted by Gasteiger charge is -2.04. The molecule has 1 aromatic heterocycles. The largest absolute Gasteiger partial charge is 0.399 e. The standard InChI is InChI=1S/C17H11FN2S/c18-14-7-6-13(11-3-1-2-4-12(11)14)17-20-15-8-5-10(19)9-16(15)21-17/h1-9H,19H2. The highest BCUT2D eigenvalue weighted by Crippen LogP contribution is 2.35. The van der Waals surface area contributed by atoms with Gasteiger partial charge >= 0.3 is 0 Å². The monoisotopic (exact) mass is 294 g/mol. The fourth-order valence-corrected chi connectivity index (χ4v) is 3.56. The van der Waals surface area contributed by atoms with Crippen LogP contribution in [0.15, 0.2) is 54.6 Å². The topological polar surface area (TPSA) is 38.9 Å². The van der Waals surface area contributed by atoms with E-state index in [4.69, 9.17) is 5.73 Å². The van der Waals surface area contributed by atoms with Crippen molar-refractivity contribution in [2.45, 2.75) is 0 Å². The van der Waals surface area contributed by atoms with Gasteiger partial charge in [-0.15, -0.1) is 11.3 Å². The van der Waals surface area contributed by atoms with Gasteiger partial charge in [-0.2, -0.15) is 0 Å². The number of hydrogen-bond donors (Lipinski definition) is 1. The van der Waals surface area contributed by atoms with Crippen molar-refractivity contribution in [3.8, 4) is 10.6 Å². The third-order valence-electron chi connectivity index (χ3n) is 3.51. The van der Waals surface area contributed by atoms with E-state index in [1.54, 1.807) is 23.5 Å². The van der Waals surface area contributed by atoms with E-state index < -0.39 is 0 Å². The molecule has 0 bridgehead atoms. The summed E-state index contributed by atoms with van der Waals surface area (Å²) in [5.74, 6) is -0.209. The first-order chi connectivity index (χ1) is 10.2. The molecule has 2 N–H and O–H groups in total. The zero-order valence-corrected chi connectivity index (χ0v) is 11.8. The molecule has 0 amide bonds. The Morgan fingerprint density at radius 2 is 1.76 bits per heavy atom. The summed E-state index contributed by atoms with van der Waals surface area (Å²) in [6.45, 7) is 0. The summed E-state index contributed by atoms with van der Waals surface area (Å²) in [6, 6.07) is 16.4. The number of hydrogen-bond acceptors (Lipinski definition) is 3. The van der Waals surface area contributed by atoms with E-state index >= 15 is 0 Å². The van der Waals surface area contributed by atoms with Gasteiger partial charge in [-0.25, -0.2) is 9.37 Å². The van der Waals surface area contributed by atoms with Crippen LogP contribution in [0.5, 0.6) is 0 Å². The average Bonchev–Trinajstić information content (AvgIpc) is 2.90. The molecule has 0 fully saturated rings. The molecule has 0 radical (unpaired) electrons. The summed E-state index contributed by atoms with van der Waals surface area (Å²) < 4.78 is 14.9. The molecule has 2 nitrogen and oxygen atoms in total. The van der Waals surface area contributed by atoms with E-state index in [1.165, 1.54) is 6.07 Å². The van der Waals surface area contributed by atoms with Gasteiger partial charge in [0.05, 0.1) is 10.2 Å². The minimum atomic E-state index is -0.209. The maximum absolute atomic E-state index is 13.9.